The molecule has 1 aromatic rings. The van der Waals surface area contributed by atoms with Gasteiger partial charge in [-0.15, -0.1) is 0 Å². The normalized spacial score (nSPS) is 41.9. The summed E-state index contributed by atoms with van der Waals surface area (Å²) < 4.78 is 18.1. The van der Waals surface area contributed by atoms with Crippen LogP contribution in [0.4, 0.5) is 0 Å². The van der Waals surface area contributed by atoms with Crippen molar-refractivity contribution in [1.82, 2.24) is 4.90 Å². The van der Waals surface area contributed by atoms with Crippen molar-refractivity contribution < 1.29 is 24.1 Å². The SMILES string of the molecule is COC1=C[C@@H]2C(C(=O)O)[C@@]23[C@H]2Cc4ccc(OC)c5c4[C@@]3(CCN2CC2CC2)C1O5. The Morgan fingerprint density at radius 1 is 1.30 bits per heavy atom. The highest BCUT2D eigenvalue weighted by molar-refractivity contribution is 5.81. The van der Waals surface area contributed by atoms with Gasteiger partial charge in [-0.2, -0.15) is 0 Å². The molecule has 0 radical (unpaired) electrons. The van der Waals surface area contributed by atoms with E-state index in [1.807, 2.05) is 6.07 Å². The first-order chi connectivity index (χ1) is 14.6. The van der Waals surface area contributed by atoms with Crippen molar-refractivity contribution >= 4 is 5.97 Å². The molecule has 0 amide bonds. The Morgan fingerprint density at radius 3 is 2.83 bits per heavy atom. The molecule has 2 aliphatic heterocycles. The van der Waals surface area contributed by atoms with E-state index in [0.717, 1.165) is 49.1 Å². The van der Waals surface area contributed by atoms with Crippen LogP contribution in [0.1, 0.15) is 30.4 Å². The average molecular weight is 409 g/mol. The number of allylic oxidation sites excluding steroid dienone is 1. The van der Waals surface area contributed by atoms with E-state index in [1.54, 1.807) is 14.2 Å². The fraction of sp³-hybridized carbons (Fsp3) is 0.625. The maximum atomic E-state index is 12.5. The van der Waals surface area contributed by atoms with Gasteiger partial charge in [0.1, 0.15) is 5.76 Å². The third kappa shape index (κ3) is 1.69. The number of hydrogen-bond acceptors (Lipinski definition) is 5. The van der Waals surface area contributed by atoms with Crippen LogP contribution >= 0.6 is 0 Å². The zero-order valence-electron chi connectivity index (χ0n) is 17.4. The summed E-state index contributed by atoms with van der Waals surface area (Å²) in [6.07, 6.45) is 6.25. The van der Waals surface area contributed by atoms with E-state index in [2.05, 4.69) is 17.0 Å². The smallest absolute Gasteiger partial charge is 0.307 e. The summed E-state index contributed by atoms with van der Waals surface area (Å²) in [5.41, 5.74) is 1.86. The van der Waals surface area contributed by atoms with Crippen molar-refractivity contribution in [3.63, 3.8) is 0 Å². The first-order valence-corrected chi connectivity index (χ1v) is 11.2. The molecule has 2 unspecified atom stereocenters. The van der Waals surface area contributed by atoms with Crippen molar-refractivity contribution in [2.24, 2.45) is 23.2 Å². The van der Waals surface area contributed by atoms with Gasteiger partial charge in [0.05, 0.1) is 25.6 Å². The fourth-order valence-corrected chi connectivity index (χ4v) is 8.01. The van der Waals surface area contributed by atoms with Crippen LogP contribution in [0.2, 0.25) is 0 Å². The molecule has 2 heterocycles. The van der Waals surface area contributed by atoms with Crippen LogP contribution in [0, 0.1) is 23.2 Å². The summed E-state index contributed by atoms with van der Waals surface area (Å²) in [5.74, 6) is 2.08. The lowest BCUT2D eigenvalue weighted by atomic mass is 9.50. The first kappa shape index (κ1) is 17.5. The number of carboxylic acid groups (broad SMARTS) is 1. The molecule has 0 aromatic heterocycles. The van der Waals surface area contributed by atoms with Gasteiger partial charge in [0.15, 0.2) is 17.6 Å². The molecule has 6 nitrogen and oxygen atoms in total. The molecule has 3 fully saturated rings. The Labute approximate surface area is 175 Å². The molecule has 1 N–H and O–H groups in total. The van der Waals surface area contributed by atoms with Gasteiger partial charge < -0.3 is 19.3 Å². The Hall–Kier alpha value is -2.21. The van der Waals surface area contributed by atoms with E-state index >= 15 is 0 Å². The highest BCUT2D eigenvalue weighted by atomic mass is 16.6. The number of aliphatic carboxylic acids is 1. The van der Waals surface area contributed by atoms with E-state index in [0.29, 0.717) is 0 Å². The number of carbonyl (C=O) groups is 1. The molecule has 158 valence electrons. The van der Waals surface area contributed by atoms with Gasteiger partial charge in [0.2, 0.25) is 0 Å². The minimum Gasteiger partial charge on any atom is -0.497 e. The molecule has 4 aliphatic carbocycles. The summed E-state index contributed by atoms with van der Waals surface area (Å²) in [5, 5.41) is 10.3. The van der Waals surface area contributed by atoms with E-state index in [-0.39, 0.29) is 34.8 Å². The van der Waals surface area contributed by atoms with Crippen LogP contribution < -0.4 is 9.47 Å². The highest BCUT2D eigenvalue weighted by Gasteiger charge is 2.87. The van der Waals surface area contributed by atoms with E-state index in [4.69, 9.17) is 14.2 Å². The number of hydrogen-bond donors (Lipinski definition) is 1. The standard InChI is InChI=1S/C24H27NO5/c1-28-15-6-5-13-9-17-24-14(19(24)22(26)27)10-16(29-2)21-23(24,18(13)20(15)30-21)7-8-25(17)11-12-3-4-12/h5-6,10,12,14,17,19,21H,3-4,7-9,11H2,1-2H3,(H,26,27)/t14-,17-,19?,21?,23+,24+/m1/s1. The number of nitrogens with zero attached hydrogens (tertiary/aromatic N) is 1. The Morgan fingerprint density at radius 2 is 2.13 bits per heavy atom. The summed E-state index contributed by atoms with van der Waals surface area (Å²) in [4.78, 5) is 15.2. The molecule has 1 saturated heterocycles. The lowest BCUT2D eigenvalue weighted by Gasteiger charge is -2.59. The van der Waals surface area contributed by atoms with Crippen LogP contribution in [0.15, 0.2) is 24.0 Å². The molecule has 2 bridgehead atoms. The number of likely N-dealkylation sites (tertiary alicyclic amines) is 1. The predicted molar refractivity (Wildman–Crippen MR) is 108 cm³/mol. The largest absolute Gasteiger partial charge is 0.497 e. The summed E-state index contributed by atoms with van der Waals surface area (Å²) >= 11 is 0. The number of ether oxygens (including phenoxy) is 3. The quantitative estimate of drug-likeness (QED) is 0.806. The molecule has 6 atom stereocenters. The summed E-state index contributed by atoms with van der Waals surface area (Å²) in [6.45, 7) is 2.10. The third-order valence-corrected chi connectivity index (χ3v) is 9.14. The minimum absolute atomic E-state index is 0.00195. The van der Waals surface area contributed by atoms with Gasteiger partial charge in [-0.05, 0) is 55.9 Å². The molecule has 1 aromatic carbocycles. The lowest BCUT2D eigenvalue weighted by Crippen LogP contribution is -2.67. The zero-order chi connectivity index (χ0) is 20.4. The van der Waals surface area contributed by atoms with Gasteiger partial charge in [-0.3, -0.25) is 9.69 Å². The molecule has 30 heavy (non-hydrogen) atoms. The monoisotopic (exact) mass is 409 g/mol. The van der Waals surface area contributed by atoms with Crippen molar-refractivity contribution in [1.29, 1.82) is 0 Å². The molecule has 2 saturated carbocycles. The van der Waals surface area contributed by atoms with Crippen LogP contribution in [-0.4, -0.2) is 55.4 Å². The maximum absolute atomic E-state index is 12.5. The van der Waals surface area contributed by atoms with Gasteiger partial charge in [-0.1, -0.05) is 6.07 Å². The second-order valence-electron chi connectivity index (χ2n) is 10.1. The molecular weight excluding hydrogens is 382 g/mol. The third-order valence-electron chi connectivity index (χ3n) is 9.14. The molecule has 2 spiro atoms. The Bertz CT molecular complexity index is 1020. The Balaban J connectivity index is 1.50. The number of piperidine rings is 1. The second-order valence-corrected chi connectivity index (χ2v) is 10.1. The summed E-state index contributed by atoms with van der Waals surface area (Å²) in [7, 11) is 3.36. The highest BCUT2D eigenvalue weighted by Crippen LogP contribution is 2.82. The lowest BCUT2D eigenvalue weighted by molar-refractivity contribution is -0.142. The average Bonchev–Trinajstić information content (AvgIpc) is 3.63. The number of carboxylic acids is 1. The molecule has 6 aliphatic rings. The fourth-order valence-electron chi connectivity index (χ4n) is 8.01. The topological polar surface area (TPSA) is 68.2 Å². The van der Waals surface area contributed by atoms with Crippen LogP contribution in [0.25, 0.3) is 0 Å². The molecular formula is C24H27NO5. The number of rotatable bonds is 5. The van der Waals surface area contributed by atoms with Crippen LogP contribution in [0.5, 0.6) is 11.5 Å². The second kappa shape index (κ2) is 5.34. The van der Waals surface area contributed by atoms with Gasteiger partial charge in [-0.25, -0.2) is 0 Å². The van der Waals surface area contributed by atoms with Crippen molar-refractivity contribution in [3.8, 4) is 11.5 Å². The van der Waals surface area contributed by atoms with E-state index in [1.165, 1.54) is 24.0 Å². The molecule has 6 heteroatoms. The number of benzene rings is 1. The zero-order valence-corrected chi connectivity index (χ0v) is 17.4. The van der Waals surface area contributed by atoms with Gasteiger partial charge in [0, 0.05) is 29.5 Å². The minimum atomic E-state index is -0.676. The van der Waals surface area contributed by atoms with E-state index < -0.39 is 5.97 Å². The van der Waals surface area contributed by atoms with Gasteiger partial charge >= 0.3 is 5.97 Å². The first-order valence-electron chi connectivity index (χ1n) is 11.2. The van der Waals surface area contributed by atoms with Crippen LogP contribution in [-0.2, 0) is 21.4 Å². The predicted octanol–water partition coefficient (Wildman–Crippen LogP) is 2.60. The van der Waals surface area contributed by atoms with Gasteiger partial charge in [0.25, 0.3) is 0 Å². The maximum Gasteiger partial charge on any atom is 0.307 e. The summed E-state index contributed by atoms with van der Waals surface area (Å²) in [6, 6.07) is 4.44. The Kier molecular flexibility index (Phi) is 3.11. The molecule has 7 rings (SSSR count). The number of methoxy groups -OCH3 is 2. The van der Waals surface area contributed by atoms with E-state index in [9.17, 15) is 9.90 Å². The van der Waals surface area contributed by atoms with Crippen molar-refractivity contribution in [2.45, 2.75) is 43.2 Å². The van der Waals surface area contributed by atoms with Crippen molar-refractivity contribution in [2.75, 3.05) is 27.3 Å². The van der Waals surface area contributed by atoms with Crippen LogP contribution in [0.3, 0.4) is 0 Å². The van der Waals surface area contributed by atoms with Crippen molar-refractivity contribution in [3.05, 3.63) is 35.1 Å².